The van der Waals surface area contributed by atoms with Crippen molar-refractivity contribution in [2.24, 2.45) is 0 Å². The maximum absolute atomic E-state index is 12.8. The highest BCUT2D eigenvalue weighted by Crippen LogP contribution is 2.24. The summed E-state index contributed by atoms with van der Waals surface area (Å²) in [6, 6.07) is 16.8. The summed E-state index contributed by atoms with van der Waals surface area (Å²) in [6.45, 7) is 1.62. The molecule has 1 atom stereocenters. The van der Waals surface area contributed by atoms with E-state index in [1.165, 1.54) is 0 Å². The Hall–Kier alpha value is -2.37. The number of hydrogen-bond donors (Lipinski definition) is 1. The Morgan fingerprint density at radius 2 is 1.88 bits per heavy atom. The number of carbonyl (C=O) groups is 1. The van der Waals surface area contributed by atoms with Gasteiger partial charge in [-0.15, -0.1) is 0 Å². The highest BCUT2D eigenvalue weighted by atomic mass is 16.5. The molecular formula is C21H25NO4. The number of methoxy groups -OCH3 is 1. The predicted octanol–water partition coefficient (Wildman–Crippen LogP) is 2.88. The van der Waals surface area contributed by atoms with Gasteiger partial charge in [-0.05, 0) is 42.7 Å². The van der Waals surface area contributed by atoms with Crippen LogP contribution in [0.2, 0.25) is 0 Å². The zero-order valence-corrected chi connectivity index (χ0v) is 15.1. The summed E-state index contributed by atoms with van der Waals surface area (Å²) in [4.78, 5) is 14.5. The number of benzene rings is 2. The van der Waals surface area contributed by atoms with Crippen LogP contribution in [0, 0.1) is 0 Å². The fourth-order valence-corrected chi connectivity index (χ4v) is 3.23. The highest BCUT2D eigenvalue weighted by molar-refractivity contribution is 5.94. The van der Waals surface area contributed by atoms with Gasteiger partial charge in [-0.3, -0.25) is 4.79 Å². The van der Waals surface area contributed by atoms with E-state index in [0.717, 1.165) is 17.7 Å². The van der Waals surface area contributed by atoms with Gasteiger partial charge < -0.3 is 19.5 Å². The fourth-order valence-electron chi connectivity index (χ4n) is 3.23. The molecule has 0 saturated carbocycles. The standard InChI is InChI=1S/C21H25NO4/c1-25-14-17-8-10-18(11-9-17)20(23)22-13-5-12-21(24,15-22)16-26-19-6-3-2-4-7-19/h2-4,6-11,24H,5,12-16H2,1H3/t21-/m1/s1. The second-order valence-corrected chi connectivity index (χ2v) is 6.79. The Morgan fingerprint density at radius 3 is 2.58 bits per heavy atom. The molecule has 0 unspecified atom stereocenters. The van der Waals surface area contributed by atoms with Crippen molar-refractivity contribution in [3.05, 3.63) is 65.7 Å². The first-order chi connectivity index (χ1) is 12.6. The van der Waals surface area contributed by atoms with E-state index in [1.54, 1.807) is 12.0 Å². The molecule has 2 aromatic carbocycles. The molecule has 1 N–H and O–H groups in total. The molecule has 1 aliphatic heterocycles. The average Bonchev–Trinajstić information content (AvgIpc) is 2.68. The Balaban J connectivity index is 1.62. The van der Waals surface area contributed by atoms with Crippen LogP contribution in [0.3, 0.4) is 0 Å². The lowest BCUT2D eigenvalue weighted by molar-refractivity contribution is -0.0532. The van der Waals surface area contributed by atoms with Crippen LogP contribution in [0.4, 0.5) is 0 Å². The van der Waals surface area contributed by atoms with Crippen molar-refractivity contribution in [1.29, 1.82) is 0 Å². The van der Waals surface area contributed by atoms with Crippen molar-refractivity contribution in [1.82, 2.24) is 4.90 Å². The van der Waals surface area contributed by atoms with E-state index in [4.69, 9.17) is 9.47 Å². The molecule has 5 heteroatoms. The van der Waals surface area contributed by atoms with Crippen LogP contribution in [0.15, 0.2) is 54.6 Å². The first kappa shape index (κ1) is 18.4. The molecule has 0 spiro atoms. The minimum atomic E-state index is -1.03. The van der Waals surface area contributed by atoms with Crippen LogP contribution in [-0.4, -0.2) is 48.3 Å². The summed E-state index contributed by atoms with van der Waals surface area (Å²) in [5.74, 6) is 0.657. The third kappa shape index (κ3) is 4.62. The highest BCUT2D eigenvalue weighted by Gasteiger charge is 2.36. The predicted molar refractivity (Wildman–Crippen MR) is 99.2 cm³/mol. The number of piperidine rings is 1. The van der Waals surface area contributed by atoms with Gasteiger partial charge in [0.2, 0.25) is 0 Å². The number of rotatable bonds is 6. The Morgan fingerprint density at radius 1 is 1.15 bits per heavy atom. The van der Waals surface area contributed by atoms with Crippen molar-refractivity contribution in [3.63, 3.8) is 0 Å². The van der Waals surface area contributed by atoms with E-state index in [0.29, 0.717) is 25.1 Å². The van der Waals surface area contributed by atoms with E-state index >= 15 is 0 Å². The van der Waals surface area contributed by atoms with Gasteiger partial charge in [0.1, 0.15) is 18.0 Å². The molecule has 26 heavy (non-hydrogen) atoms. The third-order valence-electron chi connectivity index (χ3n) is 4.61. The maximum atomic E-state index is 12.8. The second-order valence-electron chi connectivity index (χ2n) is 6.79. The van der Waals surface area contributed by atoms with Crippen molar-refractivity contribution in [3.8, 4) is 5.75 Å². The lowest BCUT2D eigenvalue weighted by atomic mass is 9.93. The van der Waals surface area contributed by atoms with E-state index in [2.05, 4.69) is 0 Å². The minimum absolute atomic E-state index is 0.0631. The molecular weight excluding hydrogens is 330 g/mol. The van der Waals surface area contributed by atoms with Crippen LogP contribution in [0.1, 0.15) is 28.8 Å². The molecule has 0 aromatic heterocycles. The fraction of sp³-hybridized carbons (Fsp3) is 0.381. The Labute approximate surface area is 154 Å². The number of aliphatic hydroxyl groups is 1. The number of β-amino-alcohol motifs (C(OH)–C–C–N with tert-alkyl or cyclic N) is 1. The van der Waals surface area contributed by atoms with Crippen LogP contribution in [0.5, 0.6) is 5.75 Å². The van der Waals surface area contributed by atoms with Crippen LogP contribution >= 0.6 is 0 Å². The maximum Gasteiger partial charge on any atom is 0.253 e. The van der Waals surface area contributed by atoms with Crippen LogP contribution in [0.25, 0.3) is 0 Å². The molecule has 5 nitrogen and oxygen atoms in total. The molecule has 1 amide bonds. The van der Waals surface area contributed by atoms with E-state index < -0.39 is 5.60 Å². The molecule has 1 aliphatic rings. The lowest BCUT2D eigenvalue weighted by Crippen LogP contribution is -2.53. The van der Waals surface area contributed by atoms with Crippen molar-refractivity contribution >= 4 is 5.91 Å². The van der Waals surface area contributed by atoms with Crippen LogP contribution in [-0.2, 0) is 11.3 Å². The lowest BCUT2D eigenvalue weighted by Gasteiger charge is -2.39. The van der Waals surface area contributed by atoms with E-state index in [9.17, 15) is 9.90 Å². The zero-order valence-electron chi connectivity index (χ0n) is 15.1. The normalized spacial score (nSPS) is 20.0. The summed E-state index contributed by atoms with van der Waals surface area (Å²) < 4.78 is 10.8. The number of hydrogen-bond acceptors (Lipinski definition) is 4. The molecule has 2 aromatic rings. The average molecular weight is 355 g/mol. The largest absolute Gasteiger partial charge is 0.491 e. The summed E-state index contributed by atoms with van der Waals surface area (Å²) in [6.07, 6.45) is 1.37. The van der Waals surface area contributed by atoms with Crippen molar-refractivity contribution in [2.45, 2.75) is 25.0 Å². The smallest absolute Gasteiger partial charge is 0.253 e. The summed E-state index contributed by atoms with van der Waals surface area (Å²) in [5, 5.41) is 10.9. The quantitative estimate of drug-likeness (QED) is 0.866. The third-order valence-corrected chi connectivity index (χ3v) is 4.61. The van der Waals surface area contributed by atoms with Crippen LogP contribution < -0.4 is 4.74 Å². The number of para-hydroxylation sites is 1. The molecule has 1 fully saturated rings. The van der Waals surface area contributed by atoms with Crippen molar-refractivity contribution < 1.29 is 19.4 Å². The molecule has 138 valence electrons. The molecule has 1 heterocycles. The minimum Gasteiger partial charge on any atom is -0.491 e. The Kier molecular flexibility index (Phi) is 5.91. The molecule has 1 saturated heterocycles. The van der Waals surface area contributed by atoms with Gasteiger partial charge in [-0.1, -0.05) is 30.3 Å². The molecule has 0 radical (unpaired) electrons. The van der Waals surface area contributed by atoms with Gasteiger partial charge in [0.15, 0.2) is 0 Å². The monoisotopic (exact) mass is 355 g/mol. The first-order valence-corrected chi connectivity index (χ1v) is 8.87. The van der Waals surface area contributed by atoms with Gasteiger partial charge >= 0.3 is 0 Å². The van der Waals surface area contributed by atoms with E-state index in [-0.39, 0.29) is 19.1 Å². The van der Waals surface area contributed by atoms with Gasteiger partial charge in [0, 0.05) is 19.2 Å². The zero-order chi connectivity index (χ0) is 18.4. The molecule has 0 aliphatic carbocycles. The van der Waals surface area contributed by atoms with Gasteiger partial charge in [0.25, 0.3) is 5.91 Å². The molecule has 0 bridgehead atoms. The second kappa shape index (κ2) is 8.34. The Bertz CT molecular complexity index is 717. The number of ether oxygens (including phenoxy) is 2. The summed E-state index contributed by atoms with van der Waals surface area (Å²) in [7, 11) is 1.64. The van der Waals surface area contributed by atoms with Gasteiger partial charge in [-0.25, -0.2) is 0 Å². The molecule has 3 rings (SSSR count). The first-order valence-electron chi connectivity index (χ1n) is 8.87. The van der Waals surface area contributed by atoms with Gasteiger partial charge in [-0.2, -0.15) is 0 Å². The number of likely N-dealkylation sites (tertiary alicyclic amines) is 1. The topological polar surface area (TPSA) is 59.0 Å². The number of amides is 1. The summed E-state index contributed by atoms with van der Waals surface area (Å²) in [5.41, 5.74) is 0.619. The summed E-state index contributed by atoms with van der Waals surface area (Å²) >= 11 is 0. The number of carbonyl (C=O) groups excluding carboxylic acids is 1. The van der Waals surface area contributed by atoms with E-state index in [1.807, 2.05) is 54.6 Å². The van der Waals surface area contributed by atoms with Gasteiger partial charge in [0.05, 0.1) is 13.2 Å². The van der Waals surface area contributed by atoms with Crippen molar-refractivity contribution in [2.75, 3.05) is 26.8 Å². The number of nitrogens with zero attached hydrogens (tertiary/aromatic N) is 1. The SMILES string of the molecule is COCc1ccc(C(=O)N2CCC[C@](O)(COc3ccccc3)C2)cc1.